The number of esters is 1. The summed E-state index contributed by atoms with van der Waals surface area (Å²) in [5.41, 5.74) is -5.88. The minimum absolute atomic E-state index is 0.00303. The van der Waals surface area contributed by atoms with Crippen molar-refractivity contribution < 1.29 is 40.0 Å². The van der Waals surface area contributed by atoms with Crippen molar-refractivity contribution in [2.45, 2.75) is 12.4 Å². The zero-order valence-electron chi connectivity index (χ0n) is 12.2. The first-order chi connectivity index (χ1) is 11.0. The molecule has 0 aliphatic carbocycles. The minimum atomic E-state index is -5.89. The average Bonchev–Trinajstić information content (AvgIpc) is 2.47. The molecule has 0 fully saturated rings. The molecular formula is C13H10F3NO6S. The highest BCUT2D eigenvalue weighted by atomic mass is 32.2. The van der Waals surface area contributed by atoms with Gasteiger partial charge in [-0.3, -0.25) is 4.79 Å². The van der Waals surface area contributed by atoms with Crippen molar-refractivity contribution in [1.29, 1.82) is 0 Å². The second-order valence-electron chi connectivity index (χ2n) is 4.39. The maximum atomic E-state index is 12.5. The lowest BCUT2D eigenvalue weighted by Crippen LogP contribution is -2.28. The number of methoxy groups -OCH3 is 1. The van der Waals surface area contributed by atoms with Crippen molar-refractivity contribution in [3.8, 4) is 17.4 Å². The Morgan fingerprint density at radius 3 is 2.29 bits per heavy atom. The zero-order chi connectivity index (χ0) is 18.1. The monoisotopic (exact) mass is 365 g/mol. The smallest absolute Gasteiger partial charge is 0.481 e. The molecule has 0 radical (unpaired) electrons. The number of halogens is 3. The first-order valence-corrected chi connectivity index (χ1v) is 7.63. The quantitative estimate of drug-likeness (QED) is 0.355. The summed E-state index contributed by atoms with van der Waals surface area (Å²) >= 11 is 0. The van der Waals surface area contributed by atoms with Gasteiger partial charge < -0.3 is 13.7 Å². The highest BCUT2D eigenvalue weighted by Crippen LogP contribution is 2.36. The fourth-order valence-corrected chi connectivity index (χ4v) is 2.20. The number of nitrogens with zero attached hydrogens (tertiary/aromatic N) is 1. The molecule has 0 bridgehead atoms. The van der Waals surface area contributed by atoms with Crippen LogP contribution < -0.4 is 13.7 Å². The molecule has 130 valence electrons. The van der Waals surface area contributed by atoms with E-state index in [0.717, 1.165) is 19.1 Å². The number of fused-ring (bicyclic) bond motifs is 1. The number of carbonyl (C=O) groups excluding carboxylic acids is 1. The number of aromatic nitrogens is 1. The van der Waals surface area contributed by atoms with E-state index in [2.05, 4.69) is 9.17 Å². The molecule has 0 N–H and O–H groups in total. The summed E-state index contributed by atoms with van der Waals surface area (Å²) in [7, 11) is -4.63. The molecule has 11 heteroatoms. The highest BCUT2D eigenvalue weighted by molar-refractivity contribution is 7.88. The second kappa shape index (κ2) is 6.15. The number of carbonyl (C=O) groups is 1. The molecule has 0 unspecified atom stereocenters. The Morgan fingerprint density at radius 1 is 1.12 bits per heavy atom. The maximum absolute atomic E-state index is 12.5. The lowest BCUT2D eigenvalue weighted by atomic mass is 10.2. The number of rotatable bonds is 4. The van der Waals surface area contributed by atoms with Gasteiger partial charge in [0, 0.05) is 18.4 Å². The van der Waals surface area contributed by atoms with Crippen LogP contribution in [0, 0.1) is 0 Å². The van der Waals surface area contributed by atoms with Crippen LogP contribution in [0.4, 0.5) is 13.2 Å². The molecule has 1 aromatic carbocycles. The van der Waals surface area contributed by atoms with E-state index in [4.69, 9.17) is 9.47 Å². The third kappa shape index (κ3) is 3.50. The average molecular weight is 365 g/mol. The first-order valence-electron chi connectivity index (χ1n) is 6.22. The number of pyridine rings is 1. The Kier molecular flexibility index (Phi) is 4.56. The van der Waals surface area contributed by atoms with E-state index >= 15 is 0 Å². The maximum Gasteiger partial charge on any atom is 0.534 e. The second-order valence-corrected chi connectivity index (χ2v) is 5.93. The molecule has 7 nitrogen and oxygen atoms in total. The van der Waals surface area contributed by atoms with Gasteiger partial charge in [-0.15, -0.1) is 0 Å². The molecule has 0 aliphatic rings. The number of alkyl halides is 3. The molecule has 0 spiro atoms. The zero-order valence-corrected chi connectivity index (χ0v) is 13.1. The Bertz CT molecular complexity index is 894. The summed E-state index contributed by atoms with van der Waals surface area (Å²) < 4.78 is 73.7. The summed E-state index contributed by atoms with van der Waals surface area (Å²) in [6.45, 7) is 1.13. The normalized spacial score (nSPS) is 12.0. The topological polar surface area (TPSA) is 91.8 Å². The van der Waals surface area contributed by atoms with Crippen molar-refractivity contribution in [2.24, 2.45) is 0 Å². The number of ether oxygens (including phenoxy) is 2. The van der Waals surface area contributed by atoms with Crippen LogP contribution in [0.3, 0.4) is 0 Å². The molecule has 0 amide bonds. The molecular weight excluding hydrogens is 355 g/mol. The molecule has 2 rings (SSSR count). The van der Waals surface area contributed by atoms with Gasteiger partial charge in [-0.05, 0) is 18.2 Å². The van der Waals surface area contributed by atoms with Crippen LogP contribution in [0.5, 0.6) is 17.4 Å². The van der Waals surface area contributed by atoms with E-state index in [1.807, 2.05) is 0 Å². The largest absolute Gasteiger partial charge is 0.534 e. The fraction of sp³-hybridized carbons (Fsp3) is 0.231. The van der Waals surface area contributed by atoms with Crippen LogP contribution in [0.15, 0.2) is 24.3 Å². The van der Waals surface area contributed by atoms with E-state index in [1.165, 1.54) is 19.2 Å². The summed E-state index contributed by atoms with van der Waals surface area (Å²) in [5.74, 6) is -1.39. The Labute approximate surface area is 134 Å². The lowest BCUT2D eigenvalue weighted by molar-refractivity contribution is -0.131. The Balaban J connectivity index is 2.65. The van der Waals surface area contributed by atoms with E-state index in [0.29, 0.717) is 0 Å². The first kappa shape index (κ1) is 17.8. The van der Waals surface area contributed by atoms with Crippen LogP contribution in [0.2, 0.25) is 0 Å². The third-order valence-electron chi connectivity index (χ3n) is 2.70. The SMILES string of the molecule is COc1ccc2c(OC(C)=O)ccc(OS(=O)(=O)C(F)(F)F)c2n1. The molecule has 0 atom stereocenters. The number of hydrogen-bond donors (Lipinski definition) is 0. The van der Waals surface area contributed by atoms with E-state index in [-0.39, 0.29) is 22.5 Å². The lowest BCUT2D eigenvalue weighted by Gasteiger charge is -2.13. The summed E-state index contributed by atoms with van der Waals surface area (Å²) in [4.78, 5) is 14.9. The van der Waals surface area contributed by atoms with Crippen molar-refractivity contribution >= 4 is 27.0 Å². The van der Waals surface area contributed by atoms with E-state index in [9.17, 15) is 26.4 Å². The van der Waals surface area contributed by atoms with E-state index < -0.39 is 27.3 Å². The molecule has 0 saturated carbocycles. The van der Waals surface area contributed by atoms with Crippen LogP contribution in [0.25, 0.3) is 10.9 Å². The van der Waals surface area contributed by atoms with Gasteiger partial charge in [0.1, 0.15) is 11.3 Å². The van der Waals surface area contributed by atoms with Gasteiger partial charge in [-0.1, -0.05) is 0 Å². The Morgan fingerprint density at radius 2 is 1.75 bits per heavy atom. The van der Waals surface area contributed by atoms with Crippen molar-refractivity contribution in [3.05, 3.63) is 24.3 Å². The van der Waals surface area contributed by atoms with Crippen LogP contribution in [-0.2, 0) is 14.9 Å². The fourth-order valence-electron chi connectivity index (χ4n) is 1.74. The molecule has 1 aromatic heterocycles. The predicted octanol–water partition coefficient (Wildman–Crippen LogP) is 2.40. The number of hydrogen-bond acceptors (Lipinski definition) is 7. The molecule has 0 saturated heterocycles. The van der Waals surface area contributed by atoms with Crippen LogP contribution >= 0.6 is 0 Å². The predicted molar refractivity (Wildman–Crippen MR) is 75.2 cm³/mol. The van der Waals surface area contributed by atoms with Gasteiger partial charge in [0.2, 0.25) is 5.88 Å². The van der Waals surface area contributed by atoms with Gasteiger partial charge in [-0.2, -0.15) is 21.6 Å². The summed E-state index contributed by atoms with van der Waals surface area (Å²) in [6.07, 6.45) is 0. The molecule has 2 aromatic rings. The van der Waals surface area contributed by atoms with Gasteiger partial charge in [0.25, 0.3) is 0 Å². The minimum Gasteiger partial charge on any atom is -0.481 e. The third-order valence-corrected chi connectivity index (χ3v) is 3.67. The standard InChI is InChI=1S/C13H10F3NO6S/c1-7(18)22-9-4-5-10(23-24(19,20)13(14,15)16)12-8(9)3-6-11(17-12)21-2/h3-6H,1-2H3. The highest BCUT2D eigenvalue weighted by Gasteiger charge is 2.48. The molecule has 24 heavy (non-hydrogen) atoms. The Hall–Kier alpha value is -2.56. The molecule has 1 heterocycles. The van der Waals surface area contributed by atoms with Crippen molar-refractivity contribution in [1.82, 2.24) is 4.98 Å². The summed E-state index contributed by atoms with van der Waals surface area (Å²) in [5, 5.41) is 0.0703. The summed E-state index contributed by atoms with van der Waals surface area (Å²) in [6, 6.07) is 4.69. The van der Waals surface area contributed by atoms with Crippen molar-refractivity contribution in [3.63, 3.8) is 0 Å². The van der Waals surface area contributed by atoms with Crippen LogP contribution in [0.1, 0.15) is 6.92 Å². The van der Waals surface area contributed by atoms with Gasteiger partial charge in [0.05, 0.1) is 7.11 Å². The van der Waals surface area contributed by atoms with Gasteiger partial charge in [-0.25, -0.2) is 4.98 Å². The van der Waals surface area contributed by atoms with Crippen molar-refractivity contribution in [2.75, 3.05) is 7.11 Å². The van der Waals surface area contributed by atoms with Gasteiger partial charge >= 0.3 is 21.6 Å². The van der Waals surface area contributed by atoms with Crippen LogP contribution in [-0.4, -0.2) is 32.0 Å². The molecule has 0 aliphatic heterocycles. The number of benzene rings is 1. The van der Waals surface area contributed by atoms with E-state index in [1.54, 1.807) is 0 Å². The van der Waals surface area contributed by atoms with Gasteiger partial charge in [0.15, 0.2) is 5.75 Å².